The molecule has 1 aliphatic heterocycles. The number of ether oxygens (including phenoxy) is 1. The fourth-order valence-electron chi connectivity index (χ4n) is 2.89. The number of rotatable bonds is 4. The Labute approximate surface area is 146 Å². The first-order valence-electron chi connectivity index (χ1n) is 8.22. The molecule has 3 nitrogen and oxygen atoms in total. The minimum atomic E-state index is 0.595. The lowest BCUT2D eigenvalue weighted by atomic mass is 10.2. The number of thiazole rings is 1. The molecule has 0 aliphatic carbocycles. The number of likely N-dealkylation sites (N-methyl/N-ethyl adjacent to an activating group) is 1. The minimum Gasteiger partial charge on any atom is -0.489 e. The van der Waals surface area contributed by atoms with Crippen molar-refractivity contribution < 1.29 is 4.74 Å². The molecular formula is C20H20N2OS. The molecule has 0 saturated heterocycles. The molecule has 0 bridgehead atoms. The van der Waals surface area contributed by atoms with E-state index in [9.17, 15) is 0 Å². The van der Waals surface area contributed by atoms with Crippen LogP contribution in [0.5, 0.6) is 5.75 Å². The molecule has 0 N–H and O–H groups in total. The van der Waals surface area contributed by atoms with Crippen LogP contribution in [0, 0.1) is 0 Å². The molecule has 1 aliphatic rings. The molecular weight excluding hydrogens is 316 g/mol. The van der Waals surface area contributed by atoms with Crippen LogP contribution in [0.3, 0.4) is 0 Å². The van der Waals surface area contributed by atoms with E-state index in [0.717, 1.165) is 30.3 Å². The van der Waals surface area contributed by atoms with Gasteiger partial charge in [-0.25, -0.2) is 4.98 Å². The third-order valence-corrected chi connectivity index (χ3v) is 5.47. The molecule has 0 radical (unpaired) electrons. The Morgan fingerprint density at radius 1 is 1.08 bits per heavy atom. The highest BCUT2D eigenvalue weighted by Crippen LogP contribution is 2.32. The van der Waals surface area contributed by atoms with Crippen LogP contribution in [0.4, 0.5) is 0 Å². The summed E-state index contributed by atoms with van der Waals surface area (Å²) in [5, 5.41) is 1.12. The third kappa shape index (κ3) is 3.35. The molecule has 0 fully saturated rings. The molecule has 4 rings (SSSR count). The van der Waals surface area contributed by atoms with Crippen LogP contribution in [0.15, 0.2) is 54.6 Å². The summed E-state index contributed by atoms with van der Waals surface area (Å²) in [6.07, 6.45) is 1.11. The highest BCUT2D eigenvalue weighted by atomic mass is 32.1. The number of aromatic nitrogens is 1. The standard InChI is InChI=1S/C20H20N2OS/c1-22-12-11-19-18(13-22)21-20(24-19)16-7-9-17(10-8-16)23-14-15-5-3-2-4-6-15/h2-10H,11-14H2,1H3. The van der Waals surface area contributed by atoms with Gasteiger partial charge in [0.1, 0.15) is 17.4 Å². The monoisotopic (exact) mass is 336 g/mol. The molecule has 4 heteroatoms. The number of fused-ring (bicyclic) bond motifs is 1. The first-order valence-corrected chi connectivity index (χ1v) is 9.04. The van der Waals surface area contributed by atoms with Gasteiger partial charge >= 0.3 is 0 Å². The Morgan fingerprint density at radius 3 is 2.67 bits per heavy atom. The lowest BCUT2D eigenvalue weighted by molar-refractivity contribution is 0.306. The molecule has 0 saturated carbocycles. The van der Waals surface area contributed by atoms with E-state index >= 15 is 0 Å². The van der Waals surface area contributed by atoms with E-state index in [4.69, 9.17) is 9.72 Å². The van der Waals surface area contributed by atoms with Crippen molar-refractivity contribution in [1.82, 2.24) is 9.88 Å². The van der Waals surface area contributed by atoms with Gasteiger partial charge in [-0.3, -0.25) is 0 Å². The van der Waals surface area contributed by atoms with Crippen LogP contribution in [-0.2, 0) is 19.6 Å². The molecule has 1 aromatic heterocycles. The second-order valence-corrected chi connectivity index (χ2v) is 7.26. The van der Waals surface area contributed by atoms with Crippen molar-refractivity contribution >= 4 is 11.3 Å². The van der Waals surface area contributed by atoms with E-state index in [1.807, 2.05) is 41.7 Å². The Balaban J connectivity index is 1.46. The average Bonchev–Trinajstić information content (AvgIpc) is 3.04. The van der Waals surface area contributed by atoms with Crippen molar-refractivity contribution in [1.29, 1.82) is 0 Å². The summed E-state index contributed by atoms with van der Waals surface area (Å²) in [7, 11) is 2.15. The molecule has 3 aromatic rings. The van der Waals surface area contributed by atoms with Crippen molar-refractivity contribution in [2.24, 2.45) is 0 Å². The first kappa shape index (κ1) is 15.4. The summed E-state index contributed by atoms with van der Waals surface area (Å²) < 4.78 is 5.85. The Hall–Kier alpha value is -2.17. The second-order valence-electron chi connectivity index (χ2n) is 6.18. The van der Waals surface area contributed by atoms with Crippen molar-refractivity contribution in [3.63, 3.8) is 0 Å². The average molecular weight is 336 g/mol. The number of hydrogen-bond acceptors (Lipinski definition) is 4. The first-order chi connectivity index (χ1) is 11.8. The smallest absolute Gasteiger partial charge is 0.123 e. The molecule has 0 unspecified atom stereocenters. The highest BCUT2D eigenvalue weighted by Gasteiger charge is 2.18. The summed E-state index contributed by atoms with van der Waals surface area (Å²) in [4.78, 5) is 8.59. The van der Waals surface area contributed by atoms with Crippen LogP contribution >= 0.6 is 11.3 Å². The summed E-state index contributed by atoms with van der Waals surface area (Å²) in [6, 6.07) is 18.5. The topological polar surface area (TPSA) is 25.4 Å². The maximum Gasteiger partial charge on any atom is 0.123 e. The predicted molar refractivity (Wildman–Crippen MR) is 98.4 cm³/mol. The normalized spacial score (nSPS) is 14.4. The van der Waals surface area contributed by atoms with Gasteiger partial charge in [0, 0.05) is 23.5 Å². The zero-order chi connectivity index (χ0) is 16.4. The molecule has 0 amide bonds. The van der Waals surface area contributed by atoms with Gasteiger partial charge in [-0.1, -0.05) is 30.3 Å². The molecule has 2 heterocycles. The van der Waals surface area contributed by atoms with Crippen molar-refractivity contribution in [2.75, 3.05) is 13.6 Å². The highest BCUT2D eigenvalue weighted by molar-refractivity contribution is 7.15. The van der Waals surface area contributed by atoms with Crippen molar-refractivity contribution in [2.45, 2.75) is 19.6 Å². The lowest BCUT2D eigenvalue weighted by Gasteiger charge is -2.20. The van der Waals surface area contributed by atoms with Crippen molar-refractivity contribution in [3.05, 3.63) is 70.7 Å². The maximum absolute atomic E-state index is 5.85. The van der Waals surface area contributed by atoms with E-state index in [1.54, 1.807) is 0 Å². The summed E-state index contributed by atoms with van der Waals surface area (Å²) >= 11 is 1.83. The molecule has 0 atom stereocenters. The van der Waals surface area contributed by atoms with Crippen molar-refractivity contribution in [3.8, 4) is 16.3 Å². The van der Waals surface area contributed by atoms with Crippen LogP contribution in [-0.4, -0.2) is 23.5 Å². The van der Waals surface area contributed by atoms with Gasteiger partial charge in [-0.2, -0.15) is 0 Å². The quantitative estimate of drug-likeness (QED) is 0.707. The second kappa shape index (κ2) is 6.75. The van der Waals surface area contributed by atoms with Gasteiger partial charge in [0.25, 0.3) is 0 Å². The van der Waals surface area contributed by atoms with E-state index in [2.05, 4.69) is 36.2 Å². The van der Waals surface area contributed by atoms with E-state index in [0.29, 0.717) is 6.61 Å². The van der Waals surface area contributed by atoms with E-state index in [1.165, 1.54) is 21.7 Å². The number of benzene rings is 2. The van der Waals surface area contributed by atoms with Gasteiger partial charge in [0.05, 0.1) is 5.69 Å². The van der Waals surface area contributed by atoms with E-state index < -0.39 is 0 Å². The summed E-state index contributed by atoms with van der Waals surface area (Å²) in [5.41, 5.74) is 3.59. The van der Waals surface area contributed by atoms with Gasteiger partial charge < -0.3 is 9.64 Å². The molecule has 24 heavy (non-hydrogen) atoms. The molecule has 122 valence electrons. The van der Waals surface area contributed by atoms with Crippen LogP contribution in [0.2, 0.25) is 0 Å². The van der Waals surface area contributed by atoms with Crippen LogP contribution < -0.4 is 4.74 Å². The Kier molecular flexibility index (Phi) is 4.32. The third-order valence-electron chi connectivity index (χ3n) is 4.27. The van der Waals surface area contributed by atoms with Crippen LogP contribution in [0.1, 0.15) is 16.1 Å². The summed E-state index contributed by atoms with van der Waals surface area (Å²) in [5.74, 6) is 0.892. The lowest BCUT2D eigenvalue weighted by Crippen LogP contribution is -2.25. The SMILES string of the molecule is CN1CCc2sc(-c3ccc(OCc4ccccc4)cc3)nc2C1. The van der Waals surface area contributed by atoms with Gasteiger partial charge in [0.2, 0.25) is 0 Å². The number of nitrogens with zero attached hydrogens (tertiary/aromatic N) is 2. The summed E-state index contributed by atoms with van der Waals surface area (Å²) in [6.45, 7) is 2.68. The van der Waals surface area contributed by atoms with Crippen LogP contribution in [0.25, 0.3) is 10.6 Å². The minimum absolute atomic E-state index is 0.595. The molecule has 0 spiro atoms. The van der Waals surface area contributed by atoms with Gasteiger partial charge in [0.15, 0.2) is 0 Å². The van der Waals surface area contributed by atoms with Gasteiger partial charge in [-0.15, -0.1) is 11.3 Å². The Morgan fingerprint density at radius 2 is 1.88 bits per heavy atom. The maximum atomic E-state index is 5.85. The van der Waals surface area contributed by atoms with E-state index in [-0.39, 0.29) is 0 Å². The van der Waals surface area contributed by atoms with Gasteiger partial charge in [-0.05, 0) is 43.3 Å². The fourth-order valence-corrected chi connectivity index (χ4v) is 3.95. The zero-order valence-electron chi connectivity index (χ0n) is 13.7. The largest absolute Gasteiger partial charge is 0.489 e. The predicted octanol–water partition coefficient (Wildman–Crippen LogP) is 4.38. The fraction of sp³-hybridized carbons (Fsp3) is 0.250. The molecule has 2 aromatic carbocycles. The number of hydrogen-bond donors (Lipinski definition) is 0. The Bertz CT molecular complexity index is 811. The zero-order valence-corrected chi connectivity index (χ0v) is 14.6.